The van der Waals surface area contributed by atoms with Crippen molar-refractivity contribution in [2.45, 2.75) is 32.7 Å². The summed E-state index contributed by atoms with van der Waals surface area (Å²) in [6, 6.07) is 0.360. The Morgan fingerprint density at radius 2 is 2.20 bits per heavy atom. The molecule has 0 radical (unpaired) electrons. The van der Waals surface area contributed by atoms with Gasteiger partial charge in [-0.25, -0.2) is 0 Å². The molecule has 0 aromatic rings. The molecule has 0 aliphatic carbocycles. The Morgan fingerprint density at radius 1 is 1.53 bits per heavy atom. The van der Waals surface area contributed by atoms with Crippen LogP contribution in [-0.2, 0) is 14.3 Å². The number of hydrogen-bond acceptors (Lipinski definition) is 4. The molecule has 1 aliphatic rings. The van der Waals surface area contributed by atoms with Gasteiger partial charge in [0.15, 0.2) is 0 Å². The maximum atomic E-state index is 11.1. The van der Waals surface area contributed by atoms with Crippen molar-refractivity contribution in [3.05, 3.63) is 0 Å². The fourth-order valence-electron chi connectivity index (χ4n) is 1.84. The molecule has 1 fully saturated rings. The van der Waals surface area contributed by atoms with Crippen molar-refractivity contribution in [2.24, 2.45) is 5.92 Å². The minimum absolute atomic E-state index is 0.170. The molecule has 1 N–H and O–H groups in total. The van der Waals surface area contributed by atoms with Crippen molar-refractivity contribution in [3.8, 4) is 0 Å². The van der Waals surface area contributed by atoms with E-state index in [-0.39, 0.29) is 5.97 Å². The third kappa shape index (κ3) is 4.62. The van der Waals surface area contributed by atoms with Gasteiger partial charge in [-0.3, -0.25) is 4.79 Å². The monoisotopic (exact) mass is 215 g/mol. The van der Waals surface area contributed by atoms with E-state index in [1.807, 2.05) is 6.92 Å². The van der Waals surface area contributed by atoms with Crippen LogP contribution in [0.3, 0.4) is 0 Å². The molecule has 0 aromatic carbocycles. The fraction of sp³-hybridized carbons (Fsp3) is 0.909. The van der Waals surface area contributed by atoms with Gasteiger partial charge in [-0.05, 0) is 32.6 Å². The van der Waals surface area contributed by atoms with Crippen LogP contribution in [0, 0.1) is 5.92 Å². The van der Waals surface area contributed by atoms with Gasteiger partial charge in [0, 0.05) is 19.3 Å². The fourth-order valence-corrected chi connectivity index (χ4v) is 1.84. The minimum Gasteiger partial charge on any atom is -0.465 e. The van der Waals surface area contributed by atoms with Gasteiger partial charge in [-0.1, -0.05) is 0 Å². The second-order valence-electron chi connectivity index (χ2n) is 3.92. The van der Waals surface area contributed by atoms with Gasteiger partial charge in [0.1, 0.15) is 0 Å². The van der Waals surface area contributed by atoms with Crippen LogP contribution in [0.15, 0.2) is 0 Å². The molecule has 1 aliphatic heterocycles. The Hall–Kier alpha value is -0.610. The van der Waals surface area contributed by atoms with E-state index in [1.54, 1.807) is 0 Å². The van der Waals surface area contributed by atoms with Gasteiger partial charge in [0.25, 0.3) is 0 Å². The molecule has 4 heteroatoms. The van der Waals surface area contributed by atoms with Crippen molar-refractivity contribution in [2.75, 3.05) is 26.4 Å². The normalized spacial score (nSPS) is 19.9. The smallest absolute Gasteiger partial charge is 0.319 e. The molecule has 0 saturated carbocycles. The zero-order valence-corrected chi connectivity index (χ0v) is 9.62. The lowest BCUT2D eigenvalue weighted by Crippen LogP contribution is -2.39. The maximum absolute atomic E-state index is 11.1. The van der Waals surface area contributed by atoms with Crippen molar-refractivity contribution < 1.29 is 14.3 Å². The van der Waals surface area contributed by atoms with E-state index in [2.05, 4.69) is 12.2 Å². The van der Waals surface area contributed by atoms with Crippen molar-refractivity contribution in [1.82, 2.24) is 5.32 Å². The van der Waals surface area contributed by atoms with Gasteiger partial charge in [0.2, 0.25) is 0 Å². The molecule has 88 valence electrons. The van der Waals surface area contributed by atoms with E-state index in [0.29, 0.717) is 25.1 Å². The first-order valence-electron chi connectivity index (χ1n) is 5.70. The molecular weight excluding hydrogens is 194 g/mol. The number of rotatable bonds is 5. The van der Waals surface area contributed by atoms with Crippen LogP contribution in [0.1, 0.15) is 26.7 Å². The summed E-state index contributed by atoms with van der Waals surface area (Å²) in [5.41, 5.74) is 0. The van der Waals surface area contributed by atoms with E-state index in [9.17, 15) is 4.79 Å². The highest BCUT2D eigenvalue weighted by Crippen LogP contribution is 2.18. The molecule has 0 spiro atoms. The summed E-state index contributed by atoms with van der Waals surface area (Å²) in [6.07, 6.45) is 2.16. The highest BCUT2D eigenvalue weighted by atomic mass is 16.5. The first-order valence-corrected chi connectivity index (χ1v) is 5.70. The third-order valence-electron chi connectivity index (χ3n) is 2.85. The van der Waals surface area contributed by atoms with E-state index < -0.39 is 0 Å². The molecule has 0 aromatic heterocycles. The lowest BCUT2D eigenvalue weighted by Gasteiger charge is -2.28. The largest absolute Gasteiger partial charge is 0.465 e. The number of esters is 1. The zero-order chi connectivity index (χ0) is 11.1. The van der Waals surface area contributed by atoms with E-state index in [0.717, 1.165) is 26.1 Å². The second-order valence-corrected chi connectivity index (χ2v) is 3.92. The SMILES string of the molecule is CCOC(=O)CNC(C)C1CCOCC1. The summed E-state index contributed by atoms with van der Waals surface area (Å²) in [6.45, 7) is 6.39. The number of carbonyl (C=O) groups excluding carboxylic acids is 1. The molecule has 1 unspecified atom stereocenters. The number of ether oxygens (including phenoxy) is 2. The topological polar surface area (TPSA) is 47.6 Å². The summed E-state index contributed by atoms with van der Waals surface area (Å²) in [4.78, 5) is 11.1. The van der Waals surface area contributed by atoms with Crippen LogP contribution in [0.5, 0.6) is 0 Å². The van der Waals surface area contributed by atoms with E-state index >= 15 is 0 Å². The Balaban J connectivity index is 2.16. The average Bonchev–Trinajstić information content (AvgIpc) is 2.27. The van der Waals surface area contributed by atoms with Crippen LogP contribution >= 0.6 is 0 Å². The number of nitrogens with one attached hydrogen (secondary N) is 1. The van der Waals surface area contributed by atoms with Crippen LogP contribution in [0.25, 0.3) is 0 Å². The molecule has 4 nitrogen and oxygen atoms in total. The molecule has 1 rings (SSSR count). The first kappa shape index (κ1) is 12.5. The first-order chi connectivity index (χ1) is 7.24. The minimum atomic E-state index is -0.170. The average molecular weight is 215 g/mol. The maximum Gasteiger partial charge on any atom is 0.319 e. The molecular formula is C11H21NO3. The highest BCUT2D eigenvalue weighted by molar-refractivity contribution is 5.71. The molecule has 15 heavy (non-hydrogen) atoms. The zero-order valence-electron chi connectivity index (χ0n) is 9.62. The Labute approximate surface area is 91.3 Å². The Bertz CT molecular complexity index is 190. The lowest BCUT2D eigenvalue weighted by molar-refractivity contribution is -0.142. The molecule has 0 amide bonds. The Kier molecular flexibility index (Phi) is 5.65. The molecule has 0 bridgehead atoms. The predicted octanol–water partition coefficient (Wildman–Crippen LogP) is 0.954. The summed E-state index contributed by atoms with van der Waals surface area (Å²) < 4.78 is 10.1. The van der Waals surface area contributed by atoms with Gasteiger partial charge in [-0.2, -0.15) is 0 Å². The standard InChI is InChI=1S/C11H21NO3/c1-3-15-11(13)8-12-9(2)10-4-6-14-7-5-10/h9-10,12H,3-8H2,1-2H3. The second kappa shape index (κ2) is 6.80. The summed E-state index contributed by atoms with van der Waals surface area (Å²) in [5, 5.41) is 3.21. The Morgan fingerprint density at radius 3 is 2.80 bits per heavy atom. The van der Waals surface area contributed by atoms with Crippen LogP contribution in [0.2, 0.25) is 0 Å². The summed E-state index contributed by atoms with van der Waals surface area (Å²) >= 11 is 0. The molecule has 1 heterocycles. The van der Waals surface area contributed by atoms with Crippen LogP contribution in [0.4, 0.5) is 0 Å². The van der Waals surface area contributed by atoms with Gasteiger partial charge in [0.05, 0.1) is 13.2 Å². The van der Waals surface area contributed by atoms with Crippen LogP contribution in [-0.4, -0.2) is 38.4 Å². The summed E-state index contributed by atoms with van der Waals surface area (Å²) in [5.74, 6) is 0.449. The van der Waals surface area contributed by atoms with Crippen molar-refractivity contribution in [1.29, 1.82) is 0 Å². The highest BCUT2D eigenvalue weighted by Gasteiger charge is 2.20. The van der Waals surface area contributed by atoms with Gasteiger partial charge < -0.3 is 14.8 Å². The van der Waals surface area contributed by atoms with Crippen molar-refractivity contribution >= 4 is 5.97 Å². The van der Waals surface area contributed by atoms with E-state index in [1.165, 1.54) is 0 Å². The predicted molar refractivity (Wildman–Crippen MR) is 57.6 cm³/mol. The lowest BCUT2D eigenvalue weighted by atomic mass is 9.93. The van der Waals surface area contributed by atoms with Gasteiger partial charge in [-0.15, -0.1) is 0 Å². The quantitative estimate of drug-likeness (QED) is 0.694. The third-order valence-corrected chi connectivity index (χ3v) is 2.85. The molecule has 1 atom stereocenters. The van der Waals surface area contributed by atoms with Crippen LogP contribution < -0.4 is 5.32 Å². The number of hydrogen-bond donors (Lipinski definition) is 1. The molecule has 1 saturated heterocycles. The van der Waals surface area contributed by atoms with Gasteiger partial charge >= 0.3 is 5.97 Å². The van der Waals surface area contributed by atoms with E-state index in [4.69, 9.17) is 9.47 Å². The number of carbonyl (C=O) groups is 1. The summed E-state index contributed by atoms with van der Waals surface area (Å²) in [7, 11) is 0. The van der Waals surface area contributed by atoms with Crippen molar-refractivity contribution in [3.63, 3.8) is 0 Å².